The number of hydrogen-bond donors (Lipinski definition) is 0. The molecule has 0 unspecified atom stereocenters. The molecule has 0 radical (unpaired) electrons. The topological polar surface area (TPSA) is 6.48 Å². The molecule has 0 atom stereocenters. The molecule has 0 aromatic carbocycles. The molecule has 1 rings (SSSR count). The van der Waals surface area contributed by atoms with Crippen LogP contribution in [0.15, 0.2) is 12.7 Å². The van der Waals surface area contributed by atoms with Crippen molar-refractivity contribution in [3.8, 4) is 0 Å². The Bertz CT molecular complexity index is 135. The van der Waals surface area contributed by atoms with Gasteiger partial charge in [0.1, 0.15) is 0 Å². The van der Waals surface area contributed by atoms with E-state index in [2.05, 4.69) is 30.2 Å². The maximum absolute atomic E-state index is 3.75. The molecule has 70 valence electrons. The predicted molar refractivity (Wildman–Crippen MR) is 53.3 cm³/mol. The van der Waals surface area contributed by atoms with Gasteiger partial charge in [-0.15, -0.1) is 6.58 Å². The van der Waals surface area contributed by atoms with E-state index in [9.17, 15) is 0 Å². The normalized spacial score (nSPS) is 21.6. The third-order valence-electron chi connectivity index (χ3n) is 2.52. The minimum absolute atomic E-state index is 0.705. The van der Waals surface area contributed by atoms with Gasteiger partial charge in [0.25, 0.3) is 0 Å². The van der Waals surface area contributed by atoms with Crippen molar-refractivity contribution in [3.05, 3.63) is 12.7 Å². The van der Waals surface area contributed by atoms with Gasteiger partial charge in [-0.1, -0.05) is 6.08 Å². The van der Waals surface area contributed by atoms with Crippen molar-refractivity contribution in [1.82, 2.24) is 9.80 Å². The van der Waals surface area contributed by atoms with Crippen molar-refractivity contribution < 1.29 is 0 Å². The van der Waals surface area contributed by atoms with Gasteiger partial charge >= 0.3 is 0 Å². The lowest BCUT2D eigenvalue weighted by atomic mass is 10.2. The third-order valence-corrected chi connectivity index (χ3v) is 2.52. The lowest BCUT2D eigenvalue weighted by Crippen LogP contribution is -2.48. The Morgan fingerprint density at radius 1 is 1.25 bits per heavy atom. The van der Waals surface area contributed by atoms with Crippen molar-refractivity contribution in [2.75, 3.05) is 32.7 Å². The Hall–Kier alpha value is -0.340. The van der Waals surface area contributed by atoms with Crippen LogP contribution in [0, 0.1) is 0 Å². The lowest BCUT2D eigenvalue weighted by Gasteiger charge is -2.36. The standard InChI is InChI=1S/C10H20N2/c1-4-5-11-6-8-12(9-7-11)10(2)3/h4,10H,1,5-9H2,2-3H3. The van der Waals surface area contributed by atoms with Gasteiger partial charge in [0.15, 0.2) is 0 Å². The van der Waals surface area contributed by atoms with E-state index in [0.717, 1.165) is 6.54 Å². The zero-order chi connectivity index (χ0) is 8.97. The molecule has 0 aliphatic carbocycles. The second kappa shape index (κ2) is 4.63. The van der Waals surface area contributed by atoms with Crippen LogP contribution in [-0.2, 0) is 0 Å². The quantitative estimate of drug-likeness (QED) is 0.584. The largest absolute Gasteiger partial charge is 0.298 e. The van der Waals surface area contributed by atoms with E-state index in [0.29, 0.717) is 6.04 Å². The monoisotopic (exact) mass is 168 g/mol. The molecule has 0 amide bonds. The van der Waals surface area contributed by atoms with Crippen molar-refractivity contribution in [2.24, 2.45) is 0 Å². The summed E-state index contributed by atoms with van der Waals surface area (Å²) in [6.45, 7) is 14.2. The Morgan fingerprint density at radius 3 is 2.25 bits per heavy atom. The molecular formula is C10H20N2. The Labute approximate surface area is 75.8 Å². The molecule has 0 N–H and O–H groups in total. The number of piperazine rings is 1. The Balaban J connectivity index is 2.24. The van der Waals surface area contributed by atoms with Crippen LogP contribution in [-0.4, -0.2) is 48.6 Å². The summed E-state index contributed by atoms with van der Waals surface area (Å²) in [4.78, 5) is 4.98. The van der Waals surface area contributed by atoms with Crippen LogP contribution in [0.1, 0.15) is 13.8 Å². The minimum atomic E-state index is 0.705. The fraction of sp³-hybridized carbons (Fsp3) is 0.800. The number of hydrogen-bond acceptors (Lipinski definition) is 2. The summed E-state index contributed by atoms with van der Waals surface area (Å²) < 4.78 is 0. The summed E-state index contributed by atoms with van der Waals surface area (Å²) in [6.07, 6.45) is 1.99. The van der Waals surface area contributed by atoms with Crippen LogP contribution < -0.4 is 0 Å². The fourth-order valence-corrected chi connectivity index (χ4v) is 1.64. The second-order valence-electron chi connectivity index (χ2n) is 3.72. The zero-order valence-corrected chi connectivity index (χ0v) is 8.29. The third kappa shape index (κ3) is 2.61. The summed E-state index contributed by atoms with van der Waals surface area (Å²) in [5, 5.41) is 0. The van der Waals surface area contributed by atoms with E-state index < -0.39 is 0 Å². The van der Waals surface area contributed by atoms with E-state index in [1.165, 1.54) is 26.2 Å². The number of nitrogens with zero attached hydrogens (tertiary/aromatic N) is 2. The van der Waals surface area contributed by atoms with E-state index in [1.807, 2.05) is 6.08 Å². The van der Waals surface area contributed by atoms with Gasteiger partial charge in [0, 0.05) is 38.8 Å². The maximum Gasteiger partial charge on any atom is 0.0161 e. The molecule has 1 aliphatic heterocycles. The zero-order valence-electron chi connectivity index (χ0n) is 8.29. The lowest BCUT2D eigenvalue weighted by molar-refractivity contribution is 0.117. The first-order valence-corrected chi connectivity index (χ1v) is 4.81. The first kappa shape index (κ1) is 9.75. The Kier molecular flexibility index (Phi) is 3.76. The van der Waals surface area contributed by atoms with Gasteiger partial charge in [0.2, 0.25) is 0 Å². The van der Waals surface area contributed by atoms with Crippen molar-refractivity contribution in [2.45, 2.75) is 19.9 Å². The van der Waals surface area contributed by atoms with Crippen LogP contribution in [0.3, 0.4) is 0 Å². The van der Waals surface area contributed by atoms with E-state index >= 15 is 0 Å². The van der Waals surface area contributed by atoms with Gasteiger partial charge in [-0.3, -0.25) is 9.80 Å². The molecule has 0 aromatic rings. The summed E-state index contributed by atoms with van der Waals surface area (Å²) in [7, 11) is 0. The van der Waals surface area contributed by atoms with Gasteiger partial charge in [-0.05, 0) is 13.8 Å². The molecule has 0 aromatic heterocycles. The molecule has 1 aliphatic rings. The fourth-order valence-electron chi connectivity index (χ4n) is 1.64. The summed E-state index contributed by atoms with van der Waals surface area (Å²) in [5.74, 6) is 0. The first-order chi connectivity index (χ1) is 5.74. The predicted octanol–water partition coefficient (Wildman–Crippen LogP) is 1.20. The van der Waals surface area contributed by atoms with Crippen molar-refractivity contribution >= 4 is 0 Å². The SMILES string of the molecule is C=CCN1CCN(C(C)C)CC1. The minimum Gasteiger partial charge on any atom is -0.298 e. The second-order valence-corrected chi connectivity index (χ2v) is 3.72. The molecule has 12 heavy (non-hydrogen) atoms. The van der Waals surface area contributed by atoms with Crippen LogP contribution in [0.2, 0.25) is 0 Å². The molecule has 1 heterocycles. The van der Waals surface area contributed by atoms with E-state index in [-0.39, 0.29) is 0 Å². The van der Waals surface area contributed by atoms with Crippen molar-refractivity contribution in [3.63, 3.8) is 0 Å². The summed E-state index contributed by atoms with van der Waals surface area (Å²) in [6, 6.07) is 0.705. The van der Waals surface area contributed by atoms with Crippen molar-refractivity contribution in [1.29, 1.82) is 0 Å². The molecular weight excluding hydrogens is 148 g/mol. The van der Waals surface area contributed by atoms with Gasteiger partial charge < -0.3 is 0 Å². The smallest absolute Gasteiger partial charge is 0.0161 e. The molecule has 1 saturated heterocycles. The molecule has 2 heteroatoms. The van der Waals surface area contributed by atoms with E-state index in [4.69, 9.17) is 0 Å². The maximum atomic E-state index is 3.75. The van der Waals surface area contributed by atoms with Gasteiger partial charge in [0.05, 0.1) is 0 Å². The van der Waals surface area contributed by atoms with E-state index in [1.54, 1.807) is 0 Å². The highest BCUT2D eigenvalue weighted by molar-refractivity contribution is 4.79. The van der Waals surface area contributed by atoms with Crippen LogP contribution in [0.4, 0.5) is 0 Å². The first-order valence-electron chi connectivity index (χ1n) is 4.81. The molecule has 0 saturated carbocycles. The van der Waals surface area contributed by atoms with Crippen LogP contribution in [0.5, 0.6) is 0 Å². The molecule has 1 fully saturated rings. The highest BCUT2D eigenvalue weighted by Crippen LogP contribution is 2.04. The highest BCUT2D eigenvalue weighted by Gasteiger charge is 2.17. The summed E-state index contributed by atoms with van der Waals surface area (Å²) >= 11 is 0. The molecule has 0 spiro atoms. The molecule has 0 bridgehead atoms. The van der Waals surface area contributed by atoms with Gasteiger partial charge in [-0.25, -0.2) is 0 Å². The molecule has 2 nitrogen and oxygen atoms in total. The van der Waals surface area contributed by atoms with Crippen LogP contribution in [0.25, 0.3) is 0 Å². The summed E-state index contributed by atoms with van der Waals surface area (Å²) in [5.41, 5.74) is 0. The highest BCUT2D eigenvalue weighted by atomic mass is 15.3. The average Bonchev–Trinajstić information content (AvgIpc) is 2.06. The Morgan fingerprint density at radius 2 is 1.83 bits per heavy atom. The number of rotatable bonds is 3. The van der Waals surface area contributed by atoms with Gasteiger partial charge in [-0.2, -0.15) is 0 Å². The average molecular weight is 168 g/mol. The van der Waals surface area contributed by atoms with Crippen LogP contribution >= 0.6 is 0 Å².